The SMILES string of the molecule is CCCCC(NC(=O)CNC(=O)C(=O)C(CCC)NC(=O)C1CC(OC(C)(C)C)CN1C(=O)C(NC(=O)Cc1ccc2ccccc2c1)C1CCCCC1)C(N)=O. The number of benzene rings is 2. The van der Waals surface area contributed by atoms with Crippen molar-refractivity contribution < 1.29 is 38.3 Å². The normalized spacial score (nSPS) is 18.9. The Kier molecular flexibility index (Phi) is 16.6. The molecular weight excluding hydrogens is 729 g/mol. The van der Waals surface area contributed by atoms with Crippen LogP contribution in [0.4, 0.5) is 0 Å². The molecule has 1 saturated heterocycles. The van der Waals surface area contributed by atoms with Gasteiger partial charge >= 0.3 is 0 Å². The van der Waals surface area contributed by atoms with Crippen molar-refractivity contribution in [2.75, 3.05) is 13.1 Å². The zero-order valence-corrected chi connectivity index (χ0v) is 34.2. The average molecular weight is 791 g/mol. The van der Waals surface area contributed by atoms with Gasteiger partial charge in [-0.15, -0.1) is 0 Å². The molecule has 4 rings (SSSR count). The molecule has 0 bridgehead atoms. The molecule has 0 spiro atoms. The average Bonchev–Trinajstić information content (AvgIpc) is 3.59. The van der Waals surface area contributed by atoms with Crippen molar-refractivity contribution in [3.63, 3.8) is 0 Å². The quantitative estimate of drug-likeness (QED) is 0.133. The van der Waals surface area contributed by atoms with Crippen LogP contribution in [-0.2, 0) is 44.7 Å². The van der Waals surface area contributed by atoms with Crippen molar-refractivity contribution in [3.8, 4) is 0 Å². The standard InChI is InChI=1S/C43H62N6O8/c1-6-8-19-33(39(44)53)46-36(51)25-45-41(55)38(52)32(14-7-2)47-40(54)34-24-31(57-43(3,4)5)26-49(34)42(56)37(29-16-10-9-11-17-29)48-35(50)23-27-20-21-28-15-12-13-18-30(28)22-27/h12-13,15,18,20-22,29,31-34,37H,6-11,14,16-17,19,23-26H2,1-5H3,(H2,44,53)(H,45,55)(H,46,51)(H,47,54)(H,48,50). The lowest BCUT2D eigenvalue weighted by atomic mass is 9.83. The number of nitrogens with one attached hydrogen (secondary N) is 4. The topological polar surface area (TPSA) is 206 Å². The van der Waals surface area contributed by atoms with Gasteiger partial charge in [0.15, 0.2) is 0 Å². The Morgan fingerprint density at radius 1 is 0.842 bits per heavy atom. The molecule has 2 aliphatic rings. The van der Waals surface area contributed by atoms with Crippen LogP contribution in [0.15, 0.2) is 42.5 Å². The minimum absolute atomic E-state index is 0.0795. The number of unbranched alkanes of at least 4 members (excludes halogenated alkanes) is 1. The third-order valence-corrected chi connectivity index (χ3v) is 10.6. The lowest BCUT2D eigenvalue weighted by Gasteiger charge is -2.35. The van der Waals surface area contributed by atoms with Crippen LogP contribution in [0.5, 0.6) is 0 Å². The highest BCUT2D eigenvalue weighted by molar-refractivity contribution is 6.38. The minimum atomic E-state index is -1.23. The summed E-state index contributed by atoms with van der Waals surface area (Å²) in [6.45, 7) is 8.92. The summed E-state index contributed by atoms with van der Waals surface area (Å²) in [5.41, 5.74) is 5.63. The van der Waals surface area contributed by atoms with Gasteiger partial charge < -0.3 is 36.6 Å². The maximum Gasteiger partial charge on any atom is 0.290 e. The van der Waals surface area contributed by atoms with E-state index in [-0.39, 0.29) is 43.5 Å². The molecule has 2 aromatic rings. The van der Waals surface area contributed by atoms with Crippen molar-refractivity contribution in [2.45, 2.75) is 148 Å². The van der Waals surface area contributed by atoms with Gasteiger partial charge in [0, 0.05) is 13.0 Å². The van der Waals surface area contributed by atoms with E-state index in [9.17, 15) is 33.6 Å². The number of Topliss-reactive ketones (excluding diaryl/α,β-unsaturated/α-hetero) is 1. The largest absolute Gasteiger partial charge is 0.371 e. The van der Waals surface area contributed by atoms with Gasteiger partial charge in [-0.1, -0.05) is 94.8 Å². The van der Waals surface area contributed by atoms with Crippen molar-refractivity contribution in [1.82, 2.24) is 26.2 Å². The lowest BCUT2D eigenvalue weighted by molar-refractivity contribution is -0.144. The number of hydrogen-bond donors (Lipinski definition) is 5. The molecule has 6 N–H and O–H groups in total. The van der Waals surface area contributed by atoms with Gasteiger partial charge in [-0.25, -0.2) is 0 Å². The maximum atomic E-state index is 14.7. The molecule has 2 aromatic carbocycles. The van der Waals surface area contributed by atoms with Crippen LogP contribution in [0.2, 0.25) is 0 Å². The summed E-state index contributed by atoms with van der Waals surface area (Å²) < 4.78 is 6.28. The van der Waals surface area contributed by atoms with Gasteiger partial charge in [-0.05, 0) is 68.7 Å². The van der Waals surface area contributed by atoms with E-state index < -0.39 is 71.8 Å². The first-order valence-electron chi connectivity index (χ1n) is 20.6. The molecule has 6 amide bonds. The summed E-state index contributed by atoms with van der Waals surface area (Å²) >= 11 is 0. The van der Waals surface area contributed by atoms with E-state index in [1.54, 1.807) is 6.92 Å². The van der Waals surface area contributed by atoms with Crippen molar-refractivity contribution in [2.24, 2.45) is 11.7 Å². The number of rotatable bonds is 19. The molecule has 0 radical (unpaired) electrons. The van der Waals surface area contributed by atoms with Crippen molar-refractivity contribution in [3.05, 3.63) is 48.0 Å². The van der Waals surface area contributed by atoms with E-state index in [0.717, 1.165) is 54.9 Å². The number of nitrogens with zero attached hydrogens (tertiary/aromatic N) is 1. The Morgan fingerprint density at radius 3 is 2.19 bits per heavy atom. The molecule has 57 heavy (non-hydrogen) atoms. The molecule has 312 valence electrons. The molecule has 14 nitrogen and oxygen atoms in total. The van der Waals surface area contributed by atoms with Gasteiger partial charge in [0.25, 0.3) is 5.91 Å². The number of amides is 6. The van der Waals surface area contributed by atoms with Crippen LogP contribution in [-0.4, -0.2) is 95.1 Å². The van der Waals surface area contributed by atoms with Gasteiger partial charge in [-0.2, -0.15) is 0 Å². The molecule has 1 saturated carbocycles. The first-order chi connectivity index (χ1) is 27.1. The number of ketones is 1. The van der Waals surface area contributed by atoms with Crippen LogP contribution in [0.25, 0.3) is 10.8 Å². The number of fused-ring (bicyclic) bond motifs is 1. The summed E-state index contributed by atoms with van der Waals surface area (Å²) in [5.74, 6) is -4.84. The van der Waals surface area contributed by atoms with E-state index >= 15 is 0 Å². The fraction of sp³-hybridized carbons (Fsp3) is 0.605. The van der Waals surface area contributed by atoms with Gasteiger partial charge in [0.2, 0.25) is 35.3 Å². The molecule has 5 unspecified atom stereocenters. The van der Waals surface area contributed by atoms with E-state index in [4.69, 9.17) is 10.5 Å². The third-order valence-electron chi connectivity index (χ3n) is 10.6. The number of carbonyl (C=O) groups excluding carboxylic acids is 7. The Balaban J connectivity index is 1.50. The zero-order valence-electron chi connectivity index (χ0n) is 34.2. The lowest BCUT2D eigenvalue weighted by Crippen LogP contribution is -2.58. The fourth-order valence-corrected chi connectivity index (χ4v) is 7.83. The Morgan fingerprint density at radius 2 is 1.54 bits per heavy atom. The number of primary amides is 1. The van der Waals surface area contributed by atoms with Crippen molar-refractivity contribution >= 4 is 52.0 Å². The minimum Gasteiger partial charge on any atom is -0.371 e. The second-order valence-corrected chi connectivity index (χ2v) is 16.5. The maximum absolute atomic E-state index is 14.7. The fourth-order valence-electron chi connectivity index (χ4n) is 7.83. The number of likely N-dealkylation sites (tertiary alicyclic amines) is 1. The van der Waals surface area contributed by atoms with E-state index in [1.807, 2.05) is 70.2 Å². The van der Waals surface area contributed by atoms with Crippen LogP contribution in [0.1, 0.15) is 111 Å². The number of ether oxygens (including phenoxy) is 1. The Bertz CT molecular complexity index is 1750. The molecule has 5 atom stereocenters. The van der Waals surface area contributed by atoms with E-state index in [1.165, 1.54) is 4.90 Å². The number of carbonyl (C=O) groups is 7. The predicted octanol–water partition coefficient (Wildman–Crippen LogP) is 3.36. The van der Waals surface area contributed by atoms with Crippen LogP contribution < -0.4 is 27.0 Å². The second kappa shape index (κ2) is 21.1. The summed E-state index contributed by atoms with van der Waals surface area (Å²) in [4.78, 5) is 94.6. The van der Waals surface area contributed by atoms with Gasteiger partial charge in [-0.3, -0.25) is 33.6 Å². The number of hydrogen-bond acceptors (Lipinski definition) is 8. The Hall–Kier alpha value is -4.85. The highest BCUT2D eigenvalue weighted by Gasteiger charge is 2.46. The summed E-state index contributed by atoms with van der Waals surface area (Å²) in [6, 6.07) is 9.69. The summed E-state index contributed by atoms with van der Waals surface area (Å²) in [5, 5.41) is 12.6. The Labute approximate surface area is 336 Å². The van der Waals surface area contributed by atoms with Crippen LogP contribution in [0.3, 0.4) is 0 Å². The molecular formula is C43H62N6O8. The molecule has 2 fully saturated rings. The molecule has 1 aliphatic heterocycles. The highest BCUT2D eigenvalue weighted by atomic mass is 16.5. The molecule has 14 heteroatoms. The van der Waals surface area contributed by atoms with Gasteiger partial charge in [0.1, 0.15) is 18.1 Å². The van der Waals surface area contributed by atoms with Gasteiger partial charge in [0.05, 0.1) is 30.7 Å². The highest BCUT2D eigenvalue weighted by Crippen LogP contribution is 2.31. The van der Waals surface area contributed by atoms with E-state index in [2.05, 4.69) is 21.3 Å². The first-order valence-corrected chi connectivity index (χ1v) is 20.6. The smallest absolute Gasteiger partial charge is 0.290 e. The monoisotopic (exact) mass is 790 g/mol. The predicted molar refractivity (Wildman–Crippen MR) is 216 cm³/mol. The summed E-state index contributed by atoms with van der Waals surface area (Å²) in [7, 11) is 0. The third kappa shape index (κ3) is 13.4. The molecule has 1 aliphatic carbocycles. The first kappa shape index (κ1) is 44.9. The van der Waals surface area contributed by atoms with Crippen LogP contribution >= 0.6 is 0 Å². The van der Waals surface area contributed by atoms with Crippen molar-refractivity contribution in [1.29, 1.82) is 0 Å². The number of nitrogens with two attached hydrogens (primary N) is 1. The molecule has 0 aromatic heterocycles. The molecule has 1 heterocycles. The zero-order chi connectivity index (χ0) is 41.7. The van der Waals surface area contributed by atoms with E-state index in [0.29, 0.717) is 19.3 Å². The second-order valence-electron chi connectivity index (χ2n) is 16.5. The van der Waals surface area contributed by atoms with Crippen LogP contribution in [0, 0.1) is 5.92 Å². The summed E-state index contributed by atoms with van der Waals surface area (Å²) in [6.07, 6.45) is 6.47.